The maximum absolute atomic E-state index is 13.8. The van der Waals surface area contributed by atoms with Crippen molar-refractivity contribution in [3.8, 4) is 0 Å². The van der Waals surface area contributed by atoms with E-state index in [0.29, 0.717) is 25.4 Å². The van der Waals surface area contributed by atoms with Crippen LogP contribution in [0.1, 0.15) is 76.2 Å². The highest BCUT2D eigenvalue weighted by Gasteiger charge is 2.29. The van der Waals surface area contributed by atoms with Crippen molar-refractivity contribution in [1.29, 1.82) is 0 Å². The third kappa shape index (κ3) is 4.62. The predicted molar refractivity (Wildman–Crippen MR) is 122 cm³/mol. The Morgan fingerprint density at radius 1 is 1.20 bits per heavy atom. The van der Waals surface area contributed by atoms with Crippen molar-refractivity contribution in [2.75, 3.05) is 19.7 Å². The van der Waals surface area contributed by atoms with Crippen LogP contribution in [-0.2, 0) is 28.9 Å². The van der Waals surface area contributed by atoms with Gasteiger partial charge >= 0.3 is 5.97 Å². The number of carbonyl (C=O) groups is 1. The van der Waals surface area contributed by atoms with Crippen molar-refractivity contribution in [1.82, 2.24) is 14.5 Å². The Bertz CT molecular complexity index is 943. The van der Waals surface area contributed by atoms with Crippen molar-refractivity contribution >= 4 is 27.5 Å². The number of esters is 1. The van der Waals surface area contributed by atoms with Crippen molar-refractivity contribution in [3.05, 3.63) is 26.6 Å². The van der Waals surface area contributed by atoms with Gasteiger partial charge in [0.15, 0.2) is 0 Å². The van der Waals surface area contributed by atoms with Crippen molar-refractivity contribution < 1.29 is 9.53 Å². The number of aromatic nitrogens is 2. The first-order chi connectivity index (χ1) is 14.4. The average molecular weight is 434 g/mol. The van der Waals surface area contributed by atoms with E-state index in [9.17, 15) is 9.59 Å². The number of ether oxygens (including phenoxy) is 1. The zero-order chi connectivity index (χ0) is 21.8. The van der Waals surface area contributed by atoms with Crippen LogP contribution >= 0.6 is 11.3 Å². The maximum atomic E-state index is 13.8. The first-order valence-corrected chi connectivity index (χ1v) is 12.2. The molecule has 0 fully saturated rings. The number of carbonyl (C=O) groups excluding carboxylic acids is 1. The van der Waals surface area contributed by atoms with Crippen LogP contribution in [-0.4, -0.2) is 40.1 Å². The van der Waals surface area contributed by atoms with Crippen LogP contribution in [0.15, 0.2) is 4.79 Å². The Kier molecular flexibility index (Phi) is 7.69. The van der Waals surface area contributed by atoms with Gasteiger partial charge in [0.2, 0.25) is 0 Å². The highest BCUT2D eigenvalue weighted by atomic mass is 32.1. The lowest BCUT2D eigenvalue weighted by Crippen LogP contribution is -2.37. The smallest absolute Gasteiger partial charge is 0.329 e. The Morgan fingerprint density at radius 3 is 2.53 bits per heavy atom. The van der Waals surface area contributed by atoms with Gasteiger partial charge < -0.3 is 4.74 Å². The molecule has 1 unspecified atom stereocenters. The van der Waals surface area contributed by atoms with Crippen LogP contribution in [0.25, 0.3) is 10.2 Å². The number of aryl methyl sites for hydroxylation is 2. The van der Waals surface area contributed by atoms with Gasteiger partial charge in [-0.15, -0.1) is 11.3 Å². The van der Waals surface area contributed by atoms with Gasteiger partial charge in [-0.1, -0.05) is 34.6 Å². The number of thiophene rings is 1. The fraction of sp³-hybridized carbons (Fsp3) is 0.696. The van der Waals surface area contributed by atoms with Crippen LogP contribution in [0.5, 0.6) is 0 Å². The van der Waals surface area contributed by atoms with E-state index < -0.39 is 6.04 Å². The number of nitrogens with zero attached hydrogens (tertiary/aromatic N) is 3. The summed E-state index contributed by atoms with van der Waals surface area (Å²) in [4.78, 5) is 36.0. The summed E-state index contributed by atoms with van der Waals surface area (Å²) in [6.45, 7) is 12.8. The average Bonchev–Trinajstić information content (AvgIpc) is 3.11. The van der Waals surface area contributed by atoms with E-state index in [4.69, 9.17) is 9.72 Å². The fourth-order valence-corrected chi connectivity index (χ4v) is 5.41. The molecule has 2 aromatic rings. The van der Waals surface area contributed by atoms with Gasteiger partial charge in [0.25, 0.3) is 5.56 Å². The van der Waals surface area contributed by atoms with Gasteiger partial charge in [-0.3, -0.25) is 14.3 Å². The Morgan fingerprint density at radius 2 is 1.90 bits per heavy atom. The molecule has 0 radical (unpaired) electrons. The van der Waals surface area contributed by atoms with Crippen LogP contribution in [0.4, 0.5) is 0 Å². The van der Waals surface area contributed by atoms with Gasteiger partial charge in [-0.2, -0.15) is 0 Å². The summed E-state index contributed by atoms with van der Waals surface area (Å²) in [5.74, 6) is 0.588. The summed E-state index contributed by atoms with van der Waals surface area (Å²) in [6, 6.07) is -0.641. The molecule has 0 spiro atoms. The summed E-state index contributed by atoms with van der Waals surface area (Å²) in [7, 11) is 0. The number of hydrogen-bond donors (Lipinski definition) is 0. The molecule has 2 aromatic heterocycles. The van der Waals surface area contributed by atoms with E-state index in [1.165, 1.54) is 11.3 Å². The number of rotatable bonds is 9. The van der Waals surface area contributed by atoms with Gasteiger partial charge in [-0.25, -0.2) is 9.78 Å². The quantitative estimate of drug-likeness (QED) is 0.551. The molecule has 166 valence electrons. The molecule has 30 heavy (non-hydrogen) atoms. The van der Waals surface area contributed by atoms with Gasteiger partial charge in [0.1, 0.15) is 16.7 Å². The summed E-state index contributed by atoms with van der Waals surface area (Å²) < 4.78 is 7.19. The first kappa shape index (κ1) is 22.9. The zero-order valence-corrected chi connectivity index (χ0v) is 19.8. The summed E-state index contributed by atoms with van der Waals surface area (Å²) in [5.41, 5.74) is 1.09. The van der Waals surface area contributed by atoms with Crippen molar-refractivity contribution in [3.63, 3.8) is 0 Å². The topological polar surface area (TPSA) is 64.4 Å². The number of hydrogen-bond acceptors (Lipinski definition) is 6. The summed E-state index contributed by atoms with van der Waals surface area (Å²) in [5, 5.41) is 0.730. The molecule has 2 heterocycles. The Hall–Kier alpha value is -1.73. The van der Waals surface area contributed by atoms with Gasteiger partial charge in [-0.05, 0) is 56.7 Å². The molecule has 6 nitrogen and oxygen atoms in total. The molecular formula is C23H35N3O3S. The van der Waals surface area contributed by atoms with Crippen LogP contribution in [0.2, 0.25) is 0 Å². The largest absolute Gasteiger partial charge is 0.464 e. The van der Waals surface area contributed by atoms with Gasteiger partial charge in [0, 0.05) is 4.88 Å². The van der Waals surface area contributed by atoms with E-state index in [2.05, 4.69) is 18.7 Å². The monoisotopic (exact) mass is 433 g/mol. The summed E-state index contributed by atoms with van der Waals surface area (Å²) >= 11 is 1.66. The molecule has 1 aliphatic carbocycles. The molecule has 0 saturated carbocycles. The van der Waals surface area contributed by atoms with Crippen LogP contribution < -0.4 is 5.56 Å². The molecule has 0 saturated heterocycles. The molecular weight excluding hydrogens is 398 g/mol. The predicted octanol–water partition coefficient (Wildman–Crippen LogP) is 4.33. The molecule has 7 heteroatoms. The fourth-order valence-electron chi connectivity index (χ4n) is 4.14. The molecule has 0 amide bonds. The number of fused-ring (bicyclic) bond motifs is 3. The first-order valence-electron chi connectivity index (χ1n) is 11.4. The highest BCUT2D eigenvalue weighted by Crippen LogP contribution is 2.34. The molecule has 0 aliphatic heterocycles. The minimum Gasteiger partial charge on any atom is -0.464 e. The third-order valence-electron chi connectivity index (χ3n) is 5.88. The van der Waals surface area contributed by atoms with E-state index >= 15 is 0 Å². The zero-order valence-electron chi connectivity index (χ0n) is 19.0. The third-order valence-corrected chi connectivity index (χ3v) is 7.07. The van der Waals surface area contributed by atoms with E-state index in [1.54, 1.807) is 15.9 Å². The van der Waals surface area contributed by atoms with E-state index in [0.717, 1.165) is 48.1 Å². The standard InChI is InChI=1S/C23H35N3O3S/c1-6-17(23(28)29-14-15(4)5)26-19(13-25(7-2)8-3)24-21-20(22(26)27)16-11-9-10-12-18(16)30-21/h15,17H,6-14H2,1-5H3. The lowest BCUT2D eigenvalue weighted by atomic mass is 9.97. The highest BCUT2D eigenvalue weighted by molar-refractivity contribution is 7.18. The Labute approximate surface area is 183 Å². The van der Waals surface area contributed by atoms with Crippen LogP contribution in [0, 0.1) is 5.92 Å². The van der Waals surface area contributed by atoms with Gasteiger partial charge in [0.05, 0.1) is 18.5 Å². The minimum atomic E-state index is -0.641. The molecule has 1 aliphatic rings. The lowest BCUT2D eigenvalue weighted by molar-refractivity contribution is -0.149. The van der Waals surface area contributed by atoms with Crippen molar-refractivity contribution in [2.45, 2.75) is 79.3 Å². The molecule has 0 bridgehead atoms. The molecule has 0 aromatic carbocycles. The maximum Gasteiger partial charge on any atom is 0.329 e. The van der Waals surface area contributed by atoms with Crippen molar-refractivity contribution in [2.24, 2.45) is 5.92 Å². The second-order valence-electron chi connectivity index (χ2n) is 8.50. The Balaban J connectivity index is 2.15. The van der Waals surface area contributed by atoms with E-state index in [-0.39, 0.29) is 17.4 Å². The lowest BCUT2D eigenvalue weighted by Gasteiger charge is -2.24. The molecule has 3 rings (SSSR count). The second kappa shape index (κ2) is 10.1. The van der Waals surface area contributed by atoms with E-state index in [1.807, 2.05) is 20.8 Å². The molecule has 0 N–H and O–H groups in total. The minimum absolute atomic E-state index is 0.0742. The molecule has 1 atom stereocenters. The summed E-state index contributed by atoms with van der Waals surface area (Å²) in [6.07, 6.45) is 4.72. The normalized spacial score (nSPS) is 15.0. The van der Waals surface area contributed by atoms with Crippen LogP contribution in [0.3, 0.4) is 0 Å². The SMILES string of the molecule is CCC(C(=O)OCC(C)C)n1c(CN(CC)CC)nc2sc3c(c2c1=O)CCCC3. The second-order valence-corrected chi connectivity index (χ2v) is 9.59.